The Labute approximate surface area is 210 Å². The number of aromatic amines is 1. The second kappa shape index (κ2) is 9.85. The van der Waals surface area contributed by atoms with Crippen molar-refractivity contribution in [1.29, 1.82) is 0 Å². The molecule has 0 aliphatic carbocycles. The van der Waals surface area contributed by atoms with Crippen LogP contribution in [0, 0.1) is 0 Å². The van der Waals surface area contributed by atoms with Gasteiger partial charge in [0.15, 0.2) is 0 Å². The zero-order chi connectivity index (χ0) is 26.0. The number of aromatic nitrogens is 4. The molecule has 1 aromatic carbocycles. The van der Waals surface area contributed by atoms with Crippen molar-refractivity contribution in [3.05, 3.63) is 95.9 Å². The van der Waals surface area contributed by atoms with Crippen molar-refractivity contribution in [3.63, 3.8) is 0 Å². The number of carbonyl (C=O) groups excluding carboxylic acids is 1. The molecule has 5 rings (SSSR count). The lowest BCUT2D eigenvalue weighted by Crippen LogP contribution is -2.09. The van der Waals surface area contributed by atoms with Gasteiger partial charge in [0.2, 0.25) is 5.88 Å². The van der Waals surface area contributed by atoms with E-state index >= 15 is 0 Å². The molecule has 0 amide bonds. The molecule has 37 heavy (non-hydrogen) atoms. The number of nitrogens with one attached hydrogen (secondary N) is 1. The lowest BCUT2D eigenvalue weighted by Gasteiger charge is -2.08. The van der Waals surface area contributed by atoms with Crippen molar-refractivity contribution in [2.45, 2.75) is 19.0 Å². The lowest BCUT2D eigenvalue weighted by molar-refractivity contribution is -0.137. The van der Waals surface area contributed by atoms with E-state index in [4.69, 9.17) is 4.74 Å². The summed E-state index contributed by atoms with van der Waals surface area (Å²) in [6, 6.07) is 16.1. The van der Waals surface area contributed by atoms with E-state index in [0.29, 0.717) is 22.7 Å². The first-order valence-corrected chi connectivity index (χ1v) is 11.4. The smallest absolute Gasteiger partial charge is 0.416 e. The van der Waals surface area contributed by atoms with E-state index in [9.17, 15) is 18.0 Å². The number of benzene rings is 1. The summed E-state index contributed by atoms with van der Waals surface area (Å²) in [5.74, 6) is 0.326. The molecule has 0 fully saturated rings. The van der Waals surface area contributed by atoms with Gasteiger partial charge in [-0.3, -0.25) is 9.78 Å². The molecular weight excluding hydrogens is 481 g/mol. The number of halogens is 3. The maximum absolute atomic E-state index is 12.9. The van der Waals surface area contributed by atoms with Gasteiger partial charge in [0, 0.05) is 59.7 Å². The van der Waals surface area contributed by atoms with Gasteiger partial charge >= 0.3 is 6.18 Å². The fourth-order valence-electron chi connectivity index (χ4n) is 4.07. The number of Topliss-reactive ketones (excluding diaryl/α,β-unsaturated/α-hetero) is 1. The van der Waals surface area contributed by atoms with Gasteiger partial charge in [0.25, 0.3) is 0 Å². The van der Waals surface area contributed by atoms with E-state index in [-0.39, 0.29) is 18.6 Å². The summed E-state index contributed by atoms with van der Waals surface area (Å²) < 4.78 is 43.9. The predicted molar refractivity (Wildman–Crippen MR) is 133 cm³/mol. The minimum absolute atomic E-state index is 0.0779. The number of hydrogen-bond donors (Lipinski definition) is 1. The highest BCUT2D eigenvalue weighted by atomic mass is 19.4. The molecule has 0 saturated heterocycles. The number of alkyl halides is 3. The van der Waals surface area contributed by atoms with Gasteiger partial charge in [0.05, 0.1) is 18.4 Å². The van der Waals surface area contributed by atoms with Gasteiger partial charge < -0.3 is 9.72 Å². The quantitative estimate of drug-likeness (QED) is 0.292. The predicted octanol–water partition coefficient (Wildman–Crippen LogP) is 6.07. The number of carbonyl (C=O) groups is 1. The fourth-order valence-corrected chi connectivity index (χ4v) is 4.07. The van der Waals surface area contributed by atoms with Gasteiger partial charge in [-0.15, -0.1) is 0 Å². The highest BCUT2D eigenvalue weighted by Crippen LogP contribution is 2.30. The van der Waals surface area contributed by atoms with Crippen molar-refractivity contribution in [2.75, 3.05) is 7.11 Å². The normalized spacial score (nSPS) is 11.6. The first kappa shape index (κ1) is 24.2. The molecule has 0 aliphatic rings. The average molecular weight is 502 g/mol. The molecule has 9 heteroatoms. The van der Waals surface area contributed by atoms with Crippen LogP contribution in [0.3, 0.4) is 0 Å². The van der Waals surface area contributed by atoms with Crippen LogP contribution in [-0.2, 0) is 23.8 Å². The van der Waals surface area contributed by atoms with E-state index in [0.717, 1.165) is 40.0 Å². The Bertz CT molecular complexity index is 1580. The van der Waals surface area contributed by atoms with Crippen molar-refractivity contribution in [2.24, 2.45) is 0 Å². The summed E-state index contributed by atoms with van der Waals surface area (Å²) in [7, 11) is 1.57. The molecule has 0 spiro atoms. The third-order valence-electron chi connectivity index (χ3n) is 5.90. The Morgan fingerprint density at radius 2 is 1.73 bits per heavy atom. The Morgan fingerprint density at radius 3 is 2.49 bits per heavy atom. The molecule has 0 unspecified atom stereocenters. The third-order valence-corrected chi connectivity index (χ3v) is 5.90. The fraction of sp³-hybridized carbons (Fsp3) is 0.143. The topological polar surface area (TPSA) is 80.8 Å². The molecule has 0 aliphatic heterocycles. The van der Waals surface area contributed by atoms with Gasteiger partial charge in [-0.2, -0.15) is 13.2 Å². The molecular formula is C28H21F3N4O2. The average Bonchev–Trinajstić information content (AvgIpc) is 3.32. The van der Waals surface area contributed by atoms with Crippen LogP contribution in [0.1, 0.15) is 16.7 Å². The number of rotatable bonds is 7. The summed E-state index contributed by atoms with van der Waals surface area (Å²) in [6.45, 7) is 0. The van der Waals surface area contributed by atoms with Crippen LogP contribution in [0.2, 0.25) is 0 Å². The van der Waals surface area contributed by atoms with Crippen LogP contribution >= 0.6 is 0 Å². The molecule has 0 atom stereocenters. The zero-order valence-corrected chi connectivity index (χ0v) is 19.7. The second-order valence-electron chi connectivity index (χ2n) is 8.57. The van der Waals surface area contributed by atoms with Crippen LogP contribution in [0.4, 0.5) is 13.2 Å². The summed E-state index contributed by atoms with van der Waals surface area (Å²) in [4.78, 5) is 28.9. The molecule has 4 heterocycles. The number of ketones is 1. The number of nitrogens with zero attached hydrogens (tertiary/aromatic N) is 3. The molecule has 0 saturated carbocycles. The van der Waals surface area contributed by atoms with Gasteiger partial charge in [-0.05, 0) is 41.5 Å². The first-order chi connectivity index (χ1) is 17.8. The largest absolute Gasteiger partial charge is 0.481 e. The minimum atomic E-state index is -4.44. The van der Waals surface area contributed by atoms with E-state index in [1.807, 2.05) is 24.3 Å². The molecule has 5 aromatic rings. The maximum Gasteiger partial charge on any atom is 0.416 e. The molecule has 186 valence electrons. The van der Waals surface area contributed by atoms with Gasteiger partial charge in [-0.25, -0.2) is 9.97 Å². The SMILES string of the molecule is COc1cc(-c2cc3cc(-c4ccc(CC(=O)Cc5cccc(C(F)(F)F)c5)cn4)cnc3[nH]2)ccn1. The molecule has 6 nitrogen and oxygen atoms in total. The van der Waals surface area contributed by atoms with E-state index in [1.165, 1.54) is 12.1 Å². The standard InChI is InChI=1S/C28H21F3N4O2/c1-37-26-14-19(7-8-32-26)25-13-20-12-21(16-34-27(20)35-25)24-6-5-18(15-33-24)11-23(36)10-17-3-2-4-22(9-17)28(29,30)31/h2-9,12-16H,10-11H2,1H3,(H,34,35). The molecule has 0 radical (unpaired) electrons. The lowest BCUT2D eigenvalue weighted by atomic mass is 10.0. The van der Waals surface area contributed by atoms with Crippen LogP contribution in [0.15, 0.2) is 79.3 Å². The highest BCUT2D eigenvalue weighted by Gasteiger charge is 2.30. The zero-order valence-electron chi connectivity index (χ0n) is 19.7. The molecule has 0 bridgehead atoms. The second-order valence-corrected chi connectivity index (χ2v) is 8.57. The van der Waals surface area contributed by atoms with Crippen LogP contribution < -0.4 is 4.74 Å². The Morgan fingerprint density at radius 1 is 0.892 bits per heavy atom. The van der Waals surface area contributed by atoms with E-state index in [2.05, 4.69) is 19.9 Å². The van der Waals surface area contributed by atoms with Gasteiger partial charge in [0.1, 0.15) is 11.4 Å². The van der Waals surface area contributed by atoms with Gasteiger partial charge in [-0.1, -0.05) is 24.3 Å². The summed E-state index contributed by atoms with van der Waals surface area (Å²) in [6.07, 6.45) is 0.564. The molecule has 1 N–H and O–H groups in total. The summed E-state index contributed by atoms with van der Waals surface area (Å²) in [5, 5.41) is 0.908. The van der Waals surface area contributed by atoms with E-state index in [1.54, 1.807) is 37.8 Å². The Kier molecular flexibility index (Phi) is 6.43. The van der Waals surface area contributed by atoms with Crippen molar-refractivity contribution < 1.29 is 22.7 Å². The maximum atomic E-state index is 12.9. The van der Waals surface area contributed by atoms with Crippen molar-refractivity contribution >= 4 is 16.8 Å². The highest BCUT2D eigenvalue weighted by molar-refractivity contribution is 5.86. The van der Waals surface area contributed by atoms with Crippen LogP contribution in [0.25, 0.3) is 33.5 Å². The van der Waals surface area contributed by atoms with Crippen LogP contribution in [-0.4, -0.2) is 32.8 Å². The third kappa shape index (κ3) is 5.50. The Balaban J connectivity index is 1.29. The minimum Gasteiger partial charge on any atom is -0.481 e. The number of pyridine rings is 3. The van der Waals surface area contributed by atoms with Crippen molar-refractivity contribution in [3.8, 4) is 28.4 Å². The van der Waals surface area contributed by atoms with Crippen molar-refractivity contribution in [1.82, 2.24) is 19.9 Å². The number of fused-ring (bicyclic) bond motifs is 1. The Hall–Kier alpha value is -4.53. The summed E-state index contributed by atoms with van der Waals surface area (Å²) >= 11 is 0. The monoisotopic (exact) mass is 502 g/mol. The molecule has 4 aromatic heterocycles. The van der Waals surface area contributed by atoms with E-state index < -0.39 is 11.7 Å². The van der Waals surface area contributed by atoms with Crippen LogP contribution in [0.5, 0.6) is 5.88 Å². The number of ether oxygens (including phenoxy) is 1. The first-order valence-electron chi connectivity index (χ1n) is 11.4. The summed E-state index contributed by atoms with van der Waals surface area (Å²) in [5.41, 5.74) is 4.29. The number of methoxy groups -OCH3 is 1. The number of hydrogen-bond acceptors (Lipinski definition) is 5. The number of H-pyrrole nitrogens is 1.